The summed E-state index contributed by atoms with van der Waals surface area (Å²) in [5, 5.41) is 2.83. The topological polar surface area (TPSA) is 69.3 Å². The van der Waals surface area contributed by atoms with Gasteiger partial charge in [0, 0.05) is 25.9 Å². The van der Waals surface area contributed by atoms with Crippen LogP contribution in [0.1, 0.15) is 31.3 Å². The summed E-state index contributed by atoms with van der Waals surface area (Å²) in [6, 6.07) is 1.68. The molecular weight excluding hydrogens is 218 g/mol. The second kappa shape index (κ2) is 6.30. The first-order chi connectivity index (χ1) is 8.08. The van der Waals surface area contributed by atoms with Crippen LogP contribution >= 0.6 is 0 Å². The maximum absolute atomic E-state index is 11.9. The lowest BCUT2D eigenvalue weighted by Crippen LogP contribution is -2.33. The molecule has 0 bridgehead atoms. The third-order valence-electron chi connectivity index (χ3n) is 2.49. The standard InChI is InChI=1S/C12H21N3O2/c1-4-15-8-10(13)6-11(15)12(16)14-7-9(3)17-5-2/h6,8-9H,4-5,7,13H2,1-3H3,(H,14,16). The molecular formula is C12H21N3O2. The molecule has 17 heavy (non-hydrogen) atoms. The van der Waals surface area contributed by atoms with Crippen LogP contribution in [0.15, 0.2) is 12.3 Å². The van der Waals surface area contributed by atoms with E-state index in [9.17, 15) is 4.79 Å². The first-order valence-electron chi connectivity index (χ1n) is 5.93. The molecule has 1 rings (SSSR count). The predicted molar refractivity (Wildman–Crippen MR) is 67.9 cm³/mol. The molecule has 1 aromatic heterocycles. The maximum atomic E-state index is 11.9. The molecule has 0 aliphatic rings. The Balaban J connectivity index is 2.57. The summed E-state index contributed by atoms with van der Waals surface area (Å²) in [5.41, 5.74) is 6.87. The van der Waals surface area contributed by atoms with E-state index in [1.807, 2.05) is 25.3 Å². The van der Waals surface area contributed by atoms with E-state index in [-0.39, 0.29) is 12.0 Å². The van der Waals surface area contributed by atoms with Gasteiger partial charge in [0.2, 0.25) is 0 Å². The number of amides is 1. The third kappa shape index (κ3) is 3.78. The summed E-state index contributed by atoms with van der Waals surface area (Å²) in [5.74, 6) is -0.116. The highest BCUT2D eigenvalue weighted by Crippen LogP contribution is 2.10. The van der Waals surface area contributed by atoms with E-state index in [1.54, 1.807) is 12.3 Å². The Morgan fingerprint density at radius 2 is 2.29 bits per heavy atom. The molecule has 0 fully saturated rings. The molecule has 0 radical (unpaired) electrons. The smallest absolute Gasteiger partial charge is 0.268 e. The van der Waals surface area contributed by atoms with Crippen molar-refractivity contribution in [2.45, 2.75) is 33.4 Å². The maximum Gasteiger partial charge on any atom is 0.268 e. The Kier molecular flexibility index (Phi) is 5.03. The van der Waals surface area contributed by atoms with Gasteiger partial charge in [-0.05, 0) is 26.8 Å². The molecule has 0 saturated heterocycles. The Bertz CT molecular complexity index is 374. The van der Waals surface area contributed by atoms with E-state index in [0.29, 0.717) is 24.5 Å². The van der Waals surface area contributed by atoms with E-state index in [0.717, 1.165) is 6.54 Å². The number of hydrogen-bond donors (Lipinski definition) is 2. The lowest BCUT2D eigenvalue weighted by Gasteiger charge is -2.13. The summed E-state index contributed by atoms with van der Waals surface area (Å²) in [6.07, 6.45) is 1.78. The van der Waals surface area contributed by atoms with Gasteiger partial charge in [-0.3, -0.25) is 4.79 Å². The summed E-state index contributed by atoms with van der Waals surface area (Å²) in [6.45, 7) is 7.70. The van der Waals surface area contributed by atoms with Gasteiger partial charge in [-0.15, -0.1) is 0 Å². The lowest BCUT2D eigenvalue weighted by molar-refractivity contribution is 0.0691. The van der Waals surface area contributed by atoms with Crippen LogP contribution in [0.2, 0.25) is 0 Å². The number of anilines is 1. The van der Waals surface area contributed by atoms with Crippen LogP contribution in [0, 0.1) is 0 Å². The van der Waals surface area contributed by atoms with Crippen molar-refractivity contribution in [1.82, 2.24) is 9.88 Å². The average Bonchev–Trinajstić information content (AvgIpc) is 2.68. The van der Waals surface area contributed by atoms with E-state index in [2.05, 4.69) is 5.32 Å². The molecule has 0 aliphatic heterocycles. The van der Waals surface area contributed by atoms with E-state index < -0.39 is 0 Å². The zero-order valence-corrected chi connectivity index (χ0v) is 10.7. The molecule has 0 aromatic carbocycles. The number of ether oxygens (including phenoxy) is 1. The third-order valence-corrected chi connectivity index (χ3v) is 2.49. The number of nitrogens with two attached hydrogens (primary N) is 1. The first-order valence-corrected chi connectivity index (χ1v) is 5.93. The van der Waals surface area contributed by atoms with Gasteiger partial charge >= 0.3 is 0 Å². The molecule has 1 unspecified atom stereocenters. The van der Waals surface area contributed by atoms with Gasteiger partial charge in [0.05, 0.1) is 11.8 Å². The molecule has 1 heterocycles. The largest absolute Gasteiger partial charge is 0.397 e. The minimum Gasteiger partial charge on any atom is -0.397 e. The molecule has 1 atom stereocenters. The first kappa shape index (κ1) is 13.6. The number of nitrogens with zero attached hydrogens (tertiary/aromatic N) is 1. The number of rotatable bonds is 6. The van der Waals surface area contributed by atoms with Gasteiger partial charge in [0.25, 0.3) is 5.91 Å². The lowest BCUT2D eigenvalue weighted by atomic mass is 10.3. The van der Waals surface area contributed by atoms with Crippen LogP contribution < -0.4 is 11.1 Å². The van der Waals surface area contributed by atoms with Crippen LogP contribution in [0.5, 0.6) is 0 Å². The average molecular weight is 239 g/mol. The van der Waals surface area contributed by atoms with Crippen molar-refractivity contribution in [3.63, 3.8) is 0 Å². The van der Waals surface area contributed by atoms with Crippen molar-refractivity contribution in [2.75, 3.05) is 18.9 Å². The summed E-state index contributed by atoms with van der Waals surface area (Å²) in [7, 11) is 0. The van der Waals surface area contributed by atoms with Gasteiger partial charge in [0.15, 0.2) is 0 Å². The fourth-order valence-electron chi connectivity index (χ4n) is 1.66. The van der Waals surface area contributed by atoms with Crippen LogP contribution in [0.25, 0.3) is 0 Å². The highest BCUT2D eigenvalue weighted by molar-refractivity contribution is 5.93. The van der Waals surface area contributed by atoms with E-state index in [1.165, 1.54) is 0 Å². The summed E-state index contributed by atoms with van der Waals surface area (Å²) in [4.78, 5) is 11.9. The van der Waals surface area contributed by atoms with Gasteiger partial charge in [-0.2, -0.15) is 0 Å². The van der Waals surface area contributed by atoms with Crippen molar-refractivity contribution in [3.8, 4) is 0 Å². The van der Waals surface area contributed by atoms with Gasteiger partial charge in [0.1, 0.15) is 5.69 Å². The predicted octanol–water partition coefficient (Wildman–Crippen LogP) is 1.24. The quantitative estimate of drug-likeness (QED) is 0.785. The van der Waals surface area contributed by atoms with Crippen LogP contribution in [-0.4, -0.2) is 29.7 Å². The highest BCUT2D eigenvalue weighted by Gasteiger charge is 2.12. The second-order valence-electron chi connectivity index (χ2n) is 3.92. The Morgan fingerprint density at radius 1 is 1.59 bits per heavy atom. The number of carbonyl (C=O) groups is 1. The van der Waals surface area contributed by atoms with E-state index >= 15 is 0 Å². The summed E-state index contributed by atoms with van der Waals surface area (Å²) < 4.78 is 7.17. The molecule has 1 aromatic rings. The highest BCUT2D eigenvalue weighted by atomic mass is 16.5. The minimum atomic E-state index is -0.116. The molecule has 0 saturated carbocycles. The fraction of sp³-hybridized carbons (Fsp3) is 0.583. The molecule has 0 aliphatic carbocycles. The fourth-order valence-corrected chi connectivity index (χ4v) is 1.66. The molecule has 96 valence electrons. The second-order valence-corrected chi connectivity index (χ2v) is 3.92. The van der Waals surface area contributed by atoms with Crippen LogP contribution in [0.4, 0.5) is 5.69 Å². The number of nitrogen functional groups attached to an aromatic ring is 1. The van der Waals surface area contributed by atoms with Crippen LogP contribution in [0.3, 0.4) is 0 Å². The van der Waals surface area contributed by atoms with Gasteiger partial charge in [-0.25, -0.2) is 0 Å². The Hall–Kier alpha value is -1.49. The number of aromatic nitrogens is 1. The number of hydrogen-bond acceptors (Lipinski definition) is 3. The van der Waals surface area contributed by atoms with Gasteiger partial charge in [-0.1, -0.05) is 0 Å². The number of carbonyl (C=O) groups excluding carboxylic acids is 1. The molecule has 3 N–H and O–H groups in total. The minimum absolute atomic E-state index is 0.0198. The normalized spacial score (nSPS) is 12.4. The summed E-state index contributed by atoms with van der Waals surface area (Å²) >= 11 is 0. The molecule has 1 amide bonds. The zero-order chi connectivity index (χ0) is 12.8. The van der Waals surface area contributed by atoms with Crippen molar-refractivity contribution in [2.24, 2.45) is 0 Å². The van der Waals surface area contributed by atoms with Crippen molar-refractivity contribution < 1.29 is 9.53 Å². The molecule has 5 nitrogen and oxygen atoms in total. The van der Waals surface area contributed by atoms with Crippen molar-refractivity contribution in [1.29, 1.82) is 0 Å². The van der Waals surface area contributed by atoms with Crippen LogP contribution in [-0.2, 0) is 11.3 Å². The van der Waals surface area contributed by atoms with Gasteiger partial charge < -0.3 is 20.4 Å². The SMILES string of the molecule is CCOC(C)CNC(=O)c1cc(N)cn1CC. The van der Waals surface area contributed by atoms with E-state index in [4.69, 9.17) is 10.5 Å². The Morgan fingerprint density at radius 3 is 2.88 bits per heavy atom. The number of aryl methyl sites for hydroxylation is 1. The molecule has 5 heteroatoms. The van der Waals surface area contributed by atoms with Crippen molar-refractivity contribution >= 4 is 11.6 Å². The zero-order valence-electron chi connectivity index (χ0n) is 10.7. The molecule has 0 spiro atoms. The van der Waals surface area contributed by atoms with Crippen molar-refractivity contribution in [3.05, 3.63) is 18.0 Å². The monoisotopic (exact) mass is 239 g/mol. The number of nitrogens with one attached hydrogen (secondary N) is 1. The Labute approximate surface area is 102 Å².